The summed E-state index contributed by atoms with van der Waals surface area (Å²) in [5.74, 6) is -1.33. The van der Waals surface area contributed by atoms with Crippen LogP contribution in [0.3, 0.4) is 0 Å². The lowest BCUT2D eigenvalue weighted by Crippen LogP contribution is -2.56. The summed E-state index contributed by atoms with van der Waals surface area (Å²) < 4.78 is 0. The first kappa shape index (κ1) is 10.2. The van der Waals surface area contributed by atoms with E-state index in [0.717, 1.165) is 0 Å². The van der Waals surface area contributed by atoms with E-state index in [1.807, 2.05) is 0 Å². The van der Waals surface area contributed by atoms with Gasteiger partial charge in [-0.2, -0.15) is 5.26 Å². The predicted molar refractivity (Wildman–Crippen MR) is 47.8 cm³/mol. The van der Waals surface area contributed by atoms with Gasteiger partial charge in [-0.15, -0.1) is 4.99 Å². The highest BCUT2D eigenvalue weighted by Crippen LogP contribution is 2.14. The molecule has 1 saturated heterocycles. The van der Waals surface area contributed by atoms with Gasteiger partial charge in [0.2, 0.25) is 24.0 Å². The Labute approximate surface area is 81.4 Å². The van der Waals surface area contributed by atoms with Crippen LogP contribution in [-0.4, -0.2) is 41.7 Å². The molecule has 2 amide bonds. The van der Waals surface area contributed by atoms with E-state index >= 15 is 0 Å². The molecule has 1 fully saturated rings. The highest BCUT2D eigenvalue weighted by atomic mass is 16.2. The smallest absolute Gasteiger partial charge is 0.241 e. The molecule has 14 heavy (non-hydrogen) atoms. The maximum atomic E-state index is 11.5. The zero-order valence-electron chi connectivity index (χ0n) is 8.18. The average Bonchev–Trinajstić information content (AvgIpc) is 2.19. The molecule has 1 aliphatic heterocycles. The third kappa shape index (κ3) is 1.33. The molecule has 0 aliphatic carbocycles. The Morgan fingerprint density at radius 2 is 1.71 bits per heavy atom. The van der Waals surface area contributed by atoms with E-state index in [4.69, 9.17) is 5.26 Å². The van der Waals surface area contributed by atoms with Crippen LogP contribution in [0.1, 0.15) is 6.92 Å². The number of hydrogen-bond acceptors (Lipinski definition) is 4. The van der Waals surface area contributed by atoms with Crippen LogP contribution in [0.4, 0.5) is 0 Å². The number of hydrogen-bond donors (Lipinski definition) is 0. The van der Waals surface area contributed by atoms with Gasteiger partial charge in [0, 0.05) is 14.1 Å². The van der Waals surface area contributed by atoms with Gasteiger partial charge in [-0.3, -0.25) is 19.4 Å². The molecule has 1 heterocycles. The van der Waals surface area contributed by atoms with Crippen molar-refractivity contribution in [2.24, 2.45) is 10.9 Å². The van der Waals surface area contributed by atoms with Gasteiger partial charge in [0.05, 0.1) is 0 Å². The first-order valence-corrected chi connectivity index (χ1v) is 4.02. The highest BCUT2D eigenvalue weighted by molar-refractivity contribution is 6.17. The molecule has 0 N–H and O–H groups in total. The van der Waals surface area contributed by atoms with Gasteiger partial charge in [0.1, 0.15) is 5.92 Å². The van der Waals surface area contributed by atoms with E-state index in [0.29, 0.717) is 0 Å². The Balaban J connectivity index is 3.12. The van der Waals surface area contributed by atoms with Crippen LogP contribution in [0.2, 0.25) is 0 Å². The summed E-state index contributed by atoms with van der Waals surface area (Å²) in [4.78, 5) is 28.7. The summed E-state index contributed by atoms with van der Waals surface area (Å²) in [5.41, 5.74) is 0. The number of nitriles is 1. The second kappa shape index (κ2) is 3.46. The number of amides is 2. The number of carbonyl (C=O) groups is 2. The summed E-state index contributed by atoms with van der Waals surface area (Å²) in [6.45, 7) is 1.53. The van der Waals surface area contributed by atoms with Gasteiger partial charge in [0.25, 0.3) is 0 Å². The summed E-state index contributed by atoms with van der Waals surface area (Å²) in [6.07, 6.45) is 1.55. The third-order valence-corrected chi connectivity index (χ3v) is 2.15. The van der Waals surface area contributed by atoms with E-state index in [1.54, 1.807) is 6.19 Å². The summed E-state index contributed by atoms with van der Waals surface area (Å²) >= 11 is 0. The maximum absolute atomic E-state index is 11.5. The van der Waals surface area contributed by atoms with Crippen molar-refractivity contribution < 1.29 is 9.59 Å². The van der Waals surface area contributed by atoms with Crippen molar-refractivity contribution in [1.82, 2.24) is 9.80 Å². The maximum Gasteiger partial charge on any atom is 0.241 e. The van der Waals surface area contributed by atoms with E-state index in [-0.39, 0.29) is 17.8 Å². The van der Waals surface area contributed by atoms with Crippen molar-refractivity contribution in [2.75, 3.05) is 14.1 Å². The lowest BCUT2D eigenvalue weighted by molar-refractivity contribution is -0.144. The Morgan fingerprint density at radius 1 is 1.29 bits per heavy atom. The Morgan fingerprint density at radius 3 is 2.07 bits per heavy atom. The molecule has 0 bridgehead atoms. The van der Waals surface area contributed by atoms with Crippen LogP contribution in [0, 0.1) is 17.4 Å². The van der Waals surface area contributed by atoms with Gasteiger partial charge in [-0.1, -0.05) is 0 Å². The topological polar surface area (TPSA) is 76.8 Å². The second-order valence-corrected chi connectivity index (χ2v) is 3.03. The highest BCUT2D eigenvalue weighted by Gasteiger charge is 2.38. The zero-order valence-corrected chi connectivity index (χ0v) is 8.18. The van der Waals surface area contributed by atoms with Crippen LogP contribution >= 0.6 is 0 Å². The molecule has 0 atom stereocenters. The Kier molecular flexibility index (Phi) is 2.51. The van der Waals surface area contributed by atoms with Gasteiger partial charge in [-0.25, -0.2) is 0 Å². The fourth-order valence-electron chi connectivity index (χ4n) is 1.30. The summed E-state index contributed by atoms with van der Waals surface area (Å²) in [7, 11) is 2.97. The lowest BCUT2D eigenvalue weighted by Gasteiger charge is -2.33. The molecule has 0 unspecified atom stereocenters. The van der Waals surface area contributed by atoms with E-state index in [1.165, 1.54) is 30.8 Å². The molecule has 0 aromatic rings. The molecule has 6 heteroatoms. The van der Waals surface area contributed by atoms with Gasteiger partial charge >= 0.3 is 0 Å². The molecular formula is C8H10N4O2. The van der Waals surface area contributed by atoms with Crippen molar-refractivity contribution in [1.29, 1.82) is 5.26 Å². The molecular weight excluding hydrogens is 184 g/mol. The molecule has 0 radical (unpaired) electrons. The van der Waals surface area contributed by atoms with Crippen molar-refractivity contribution in [3.63, 3.8) is 0 Å². The van der Waals surface area contributed by atoms with Crippen molar-refractivity contribution >= 4 is 17.8 Å². The first-order valence-electron chi connectivity index (χ1n) is 4.02. The predicted octanol–water partition coefficient (Wildman–Crippen LogP) is -0.610. The monoisotopic (exact) mass is 194 g/mol. The largest absolute Gasteiger partial charge is 0.284 e. The first-order chi connectivity index (χ1) is 6.50. The number of guanidine groups is 1. The van der Waals surface area contributed by atoms with Crippen LogP contribution in [0.25, 0.3) is 0 Å². The van der Waals surface area contributed by atoms with Crippen molar-refractivity contribution in [3.05, 3.63) is 0 Å². The fourth-order valence-corrected chi connectivity index (χ4v) is 1.30. The SMILES string of the molecule is CC1C(=O)N(C)C(=NC#N)N(C)C1=O. The number of rotatable bonds is 0. The Hall–Kier alpha value is -1.90. The normalized spacial score (nSPS) is 22.4. The number of carbonyl (C=O) groups excluding carboxylic acids is 2. The molecule has 0 aromatic heterocycles. The molecule has 0 saturated carbocycles. The zero-order chi connectivity index (χ0) is 10.9. The fraction of sp³-hybridized carbons (Fsp3) is 0.500. The third-order valence-electron chi connectivity index (χ3n) is 2.15. The van der Waals surface area contributed by atoms with Gasteiger partial charge in [-0.05, 0) is 6.92 Å². The van der Waals surface area contributed by atoms with E-state index in [2.05, 4.69) is 4.99 Å². The standard InChI is InChI=1S/C8H10N4O2/c1-5-6(13)11(2)8(10-4-9)12(3)7(5)14/h5H,1-3H3. The van der Waals surface area contributed by atoms with Crippen LogP contribution in [0.5, 0.6) is 0 Å². The van der Waals surface area contributed by atoms with Crippen molar-refractivity contribution in [3.8, 4) is 6.19 Å². The number of aliphatic imine (C=N–C) groups is 1. The minimum Gasteiger partial charge on any atom is -0.284 e. The number of nitrogens with zero attached hydrogens (tertiary/aromatic N) is 4. The Bertz CT molecular complexity index is 331. The van der Waals surface area contributed by atoms with Crippen LogP contribution in [-0.2, 0) is 9.59 Å². The van der Waals surface area contributed by atoms with Gasteiger partial charge < -0.3 is 0 Å². The molecule has 6 nitrogen and oxygen atoms in total. The van der Waals surface area contributed by atoms with Crippen molar-refractivity contribution in [2.45, 2.75) is 6.92 Å². The molecule has 0 aromatic carbocycles. The quantitative estimate of drug-likeness (QED) is 0.381. The van der Waals surface area contributed by atoms with Crippen LogP contribution in [0.15, 0.2) is 4.99 Å². The second-order valence-electron chi connectivity index (χ2n) is 3.03. The van der Waals surface area contributed by atoms with Gasteiger partial charge in [0.15, 0.2) is 0 Å². The lowest BCUT2D eigenvalue weighted by atomic mass is 10.1. The minimum atomic E-state index is -0.706. The molecule has 74 valence electrons. The average molecular weight is 194 g/mol. The summed E-state index contributed by atoms with van der Waals surface area (Å²) in [6, 6.07) is 0. The van der Waals surface area contributed by atoms with Crippen LogP contribution < -0.4 is 0 Å². The molecule has 1 aliphatic rings. The summed E-state index contributed by atoms with van der Waals surface area (Å²) in [5, 5.41) is 8.38. The van der Waals surface area contributed by atoms with E-state index in [9.17, 15) is 9.59 Å². The molecule has 0 spiro atoms. The van der Waals surface area contributed by atoms with E-state index < -0.39 is 5.92 Å². The molecule has 1 rings (SSSR count). The minimum absolute atomic E-state index is 0.0700.